The summed E-state index contributed by atoms with van der Waals surface area (Å²) in [6, 6.07) is 19.9. The van der Waals surface area contributed by atoms with E-state index in [1.165, 1.54) is 0 Å². The Labute approximate surface area is 279 Å². The molecule has 1 aromatic heterocycles. The van der Waals surface area contributed by atoms with Gasteiger partial charge in [0.15, 0.2) is 5.75 Å². The Morgan fingerprint density at radius 3 is 1.89 bits per heavy atom. The van der Waals surface area contributed by atoms with Crippen molar-refractivity contribution in [1.29, 1.82) is 0 Å². The van der Waals surface area contributed by atoms with Gasteiger partial charge >= 0.3 is 5.97 Å². The molecule has 0 aliphatic carbocycles. The van der Waals surface area contributed by atoms with Gasteiger partial charge in [-0.15, -0.1) is 0 Å². The van der Waals surface area contributed by atoms with E-state index in [2.05, 4.69) is 5.32 Å². The normalized spacial score (nSPS) is 11.9. The van der Waals surface area contributed by atoms with Gasteiger partial charge in [0.25, 0.3) is 17.4 Å². The molecular formula is C32H31Cl3N4O7. The number of hydrogen-bond acceptors (Lipinski definition) is 7. The van der Waals surface area contributed by atoms with E-state index in [1.807, 2.05) is 36.5 Å². The Balaban J connectivity index is 0.000000489. The average Bonchev–Trinajstić information content (AvgIpc) is 3.00. The number of nitrogens with one attached hydrogen (secondary N) is 2. The van der Waals surface area contributed by atoms with Crippen molar-refractivity contribution in [2.75, 3.05) is 6.54 Å². The Morgan fingerprint density at radius 1 is 0.826 bits per heavy atom. The van der Waals surface area contributed by atoms with E-state index >= 15 is 0 Å². The van der Waals surface area contributed by atoms with Crippen molar-refractivity contribution in [3.63, 3.8) is 0 Å². The third kappa shape index (κ3) is 9.24. The minimum atomic E-state index is -1.39. The van der Waals surface area contributed by atoms with Crippen LogP contribution in [0.3, 0.4) is 0 Å². The van der Waals surface area contributed by atoms with Gasteiger partial charge in [-0.25, -0.2) is 0 Å². The van der Waals surface area contributed by atoms with Crippen LogP contribution in [0, 0.1) is 0 Å². The second kappa shape index (κ2) is 16.1. The smallest absolute Gasteiger partial charge is 0.322 e. The maximum absolute atomic E-state index is 13.3. The number of rotatable bonds is 9. The number of pyridine rings is 1. The second-order valence-corrected chi connectivity index (χ2v) is 11.3. The van der Waals surface area contributed by atoms with Crippen molar-refractivity contribution in [2.24, 2.45) is 5.73 Å². The van der Waals surface area contributed by atoms with E-state index in [1.54, 1.807) is 55.5 Å². The molecule has 0 bridgehead atoms. The zero-order chi connectivity index (χ0) is 34.1. The average molecular weight is 690 g/mol. The first-order chi connectivity index (χ1) is 21.7. The molecule has 46 heavy (non-hydrogen) atoms. The number of carbonyl (C=O) groups excluding carboxylic acids is 2. The van der Waals surface area contributed by atoms with Gasteiger partial charge in [0.2, 0.25) is 5.88 Å². The van der Waals surface area contributed by atoms with Crippen LogP contribution < -0.4 is 21.9 Å². The molecule has 0 unspecified atom stereocenters. The van der Waals surface area contributed by atoms with E-state index in [0.717, 1.165) is 10.6 Å². The van der Waals surface area contributed by atoms with Crippen LogP contribution in [0.2, 0.25) is 15.1 Å². The highest BCUT2D eigenvalue weighted by molar-refractivity contribution is 6.31. The highest BCUT2D eigenvalue weighted by Crippen LogP contribution is 2.30. The van der Waals surface area contributed by atoms with Crippen molar-refractivity contribution >= 4 is 52.6 Å². The lowest BCUT2D eigenvalue weighted by molar-refractivity contribution is -0.135. The zero-order valence-corrected chi connectivity index (χ0v) is 26.9. The van der Waals surface area contributed by atoms with Crippen LogP contribution in [0.4, 0.5) is 0 Å². The van der Waals surface area contributed by atoms with Gasteiger partial charge in [0.1, 0.15) is 17.7 Å². The SMILES string of the molecule is C[C@@H](N)c1ccc(Cl)cc1.C[C@@H](NC(=O)c1c(O)c(C(=O)NCC(=O)O)c(O)n(Cc2ccccc2Cl)c1=O)c1ccc(Cl)cc1. The second-order valence-electron chi connectivity index (χ2n) is 10.1. The Kier molecular flexibility index (Phi) is 12.6. The first-order valence-corrected chi connectivity index (χ1v) is 14.8. The van der Waals surface area contributed by atoms with Crippen molar-refractivity contribution < 1.29 is 29.7 Å². The number of carboxylic acid groups (broad SMARTS) is 1. The third-order valence-corrected chi connectivity index (χ3v) is 7.54. The van der Waals surface area contributed by atoms with Crippen LogP contribution in [0.15, 0.2) is 77.6 Å². The molecule has 4 rings (SSSR count). The largest absolute Gasteiger partial charge is 0.506 e. The number of amides is 2. The van der Waals surface area contributed by atoms with E-state index in [-0.39, 0.29) is 17.6 Å². The minimum absolute atomic E-state index is 0.0947. The van der Waals surface area contributed by atoms with Crippen LogP contribution in [0.25, 0.3) is 0 Å². The summed E-state index contributed by atoms with van der Waals surface area (Å²) in [6.45, 7) is 2.39. The zero-order valence-electron chi connectivity index (χ0n) is 24.6. The van der Waals surface area contributed by atoms with Gasteiger partial charge < -0.3 is 31.7 Å². The molecule has 0 spiro atoms. The van der Waals surface area contributed by atoms with Crippen LogP contribution >= 0.6 is 34.8 Å². The molecule has 0 saturated carbocycles. The summed E-state index contributed by atoms with van der Waals surface area (Å²) in [5.41, 5.74) is 5.00. The Bertz CT molecular complexity index is 1780. The number of benzene rings is 3. The van der Waals surface area contributed by atoms with Crippen molar-refractivity contribution in [1.82, 2.24) is 15.2 Å². The van der Waals surface area contributed by atoms with Gasteiger partial charge in [-0.05, 0) is 60.9 Å². The summed E-state index contributed by atoms with van der Waals surface area (Å²) in [6.07, 6.45) is 0. The number of hydrogen-bond donors (Lipinski definition) is 6. The molecule has 0 saturated heterocycles. The molecule has 242 valence electrons. The first kappa shape index (κ1) is 35.9. The summed E-state index contributed by atoms with van der Waals surface area (Å²) in [5.74, 6) is -5.69. The van der Waals surface area contributed by atoms with Gasteiger partial charge in [0.05, 0.1) is 12.6 Å². The molecule has 3 aromatic carbocycles. The number of aromatic hydroxyl groups is 2. The highest BCUT2D eigenvalue weighted by Gasteiger charge is 2.30. The topological polar surface area (TPSA) is 184 Å². The van der Waals surface area contributed by atoms with Crippen LogP contribution in [0.5, 0.6) is 11.6 Å². The molecule has 0 aliphatic heterocycles. The fraction of sp³-hybridized carbons (Fsp3) is 0.188. The number of aliphatic carboxylic acids is 1. The standard InChI is InChI=1S/C24H21Cl2N3O7.C8H10ClN/c1-12(13-6-8-15(25)9-7-13)28-22(34)19-20(32)18(21(33)27-10-17(30)31)23(35)29(24(19)36)11-14-4-2-3-5-16(14)26;1-6(10)7-2-4-8(9)5-3-7/h2-9,12,32,35H,10-11H2,1H3,(H,27,33)(H,28,34)(H,30,31);2-6H,10H2,1H3/t12-;6-/m11/s1. The number of halogens is 3. The Hall–Kier alpha value is -4.55. The summed E-state index contributed by atoms with van der Waals surface area (Å²) < 4.78 is 0.693. The molecule has 2 amide bonds. The van der Waals surface area contributed by atoms with E-state index in [4.69, 9.17) is 45.6 Å². The lowest BCUT2D eigenvalue weighted by Crippen LogP contribution is -2.37. The fourth-order valence-electron chi connectivity index (χ4n) is 4.17. The fourth-order valence-corrected chi connectivity index (χ4v) is 4.62. The maximum atomic E-state index is 13.3. The van der Waals surface area contributed by atoms with Crippen molar-refractivity contribution in [2.45, 2.75) is 32.5 Å². The minimum Gasteiger partial charge on any atom is -0.506 e. The number of nitrogens with two attached hydrogens (primary N) is 1. The summed E-state index contributed by atoms with van der Waals surface area (Å²) in [7, 11) is 0. The van der Waals surface area contributed by atoms with Crippen LogP contribution in [0.1, 0.15) is 63.3 Å². The lowest BCUT2D eigenvalue weighted by Gasteiger charge is -2.19. The molecule has 0 radical (unpaired) electrons. The third-order valence-electron chi connectivity index (χ3n) is 6.67. The van der Waals surface area contributed by atoms with Gasteiger partial charge in [-0.1, -0.05) is 77.3 Å². The molecule has 1 heterocycles. The first-order valence-electron chi connectivity index (χ1n) is 13.7. The maximum Gasteiger partial charge on any atom is 0.322 e. The van der Waals surface area contributed by atoms with Crippen molar-refractivity contribution in [3.8, 4) is 11.6 Å². The number of nitrogens with zero attached hydrogens (tertiary/aromatic N) is 1. The number of carbonyl (C=O) groups is 3. The molecular weight excluding hydrogens is 659 g/mol. The molecule has 2 atom stereocenters. The number of aromatic nitrogens is 1. The Morgan fingerprint density at radius 2 is 1.37 bits per heavy atom. The summed E-state index contributed by atoms with van der Waals surface area (Å²) in [4.78, 5) is 49.9. The molecule has 0 aliphatic rings. The molecule has 0 fully saturated rings. The van der Waals surface area contributed by atoms with Gasteiger partial charge in [-0.2, -0.15) is 0 Å². The predicted octanol–water partition coefficient (Wildman–Crippen LogP) is 5.28. The summed E-state index contributed by atoms with van der Waals surface area (Å²) in [5, 5.41) is 36.4. The van der Waals surface area contributed by atoms with E-state index in [0.29, 0.717) is 20.7 Å². The molecule has 4 aromatic rings. The predicted molar refractivity (Wildman–Crippen MR) is 176 cm³/mol. The molecule has 11 nitrogen and oxygen atoms in total. The van der Waals surface area contributed by atoms with E-state index in [9.17, 15) is 29.4 Å². The van der Waals surface area contributed by atoms with E-state index < -0.39 is 58.7 Å². The summed E-state index contributed by atoms with van der Waals surface area (Å²) >= 11 is 17.7. The van der Waals surface area contributed by atoms with Gasteiger partial charge in [0, 0.05) is 21.1 Å². The number of carboxylic acids is 1. The molecule has 14 heteroatoms. The van der Waals surface area contributed by atoms with Crippen LogP contribution in [-0.2, 0) is 11.3 Å². The quantitative estimate of drug-likeness (QED) is 0.137. The van der Waals surface area contributed by atoms with Gasteiger partial charge in [-0.3, -0.25) is 23.7 Å². The highest BCUT2D eigenvalue weighted by atomic mass is 35.5. The van der Waals surface area contributed by atoms with Crippen molar-refractivity contribution in [3.05, 3.63) is 126 Å². The van der Waals surface area contributed by atoms with Crippen LogP contribution in [-0.4, -0.2) is 44.2 Å². The monoisotopic (exact) mass is 688 g/mol. The molecule has 7 N–H and O–H groups in total. The lowest BCUT2D eigenvalue weighted by atomic mass is 10.1.